The third kappa shape index (κ3) is 5.53. The molecule has 3 heterocycles. The quantitative estimate of drug-likeness (QED) is 0.554. The molecule has 0 aromatic carbocycles. The topological polar surface area (TPSA) is 91.3 Å². The van der Waals surface area contributed by atoms with Crippen molar-refractivity contribution >= 4 is 17.0 Å². The van der Waals surface area contributed by atoms with Crippen molar-refractivity contribution in [2.75, 3.05) is 32.5 Å². The number of aromatic nitrogens is 4. The summed E-state index contributed by atoms with van der Waals surface area (Å²) in [6.45, 7) is 10.9. The minimum atomic E-state index is 0.0447. The molecule has 2 aromatic heterocycles. The highest BCUT2D eigenvalue weighted by Crippen LogP contribution is 2.27. The van der Waals surface area contributed by atoms with Gasteiger partial charge in [0.25, 0.3) is 6.01 Å². The van der Waals surface area contributed by atoms with Crippen molar-refractivity contribution in [1.82, 2.24) is 24.4 Å². The van der Waals surface area contributed by atoms with E-state index in [1.165, 1.54) is 38.8 Å². The van der Waals surface area contributed by atoms with Crippen molar-refractivity contribution in [2.45, 2.75) is 78.4 Å². The van der Waals surface area contributed by atoms with Crippen molar-refractivity contribution in [1.29, 1.82) is 0 Å². The third-order valence-electron chi connectivity index (χ3n) is 6.04. The molecule has 1 aliphatic heterocycles. The van der Waals surface area contributed by atoms with Crippen LogP contribution in [0, 0.1) is 5.92 Å². The number of piperidine rings is 1. The molecular weight excluding hydrogens is 380 g/mol. The second-order valence-electron chi connectivity index (χ2n) is 8.43. The number of hydrogen-bond donors (Lipinski definition) is 1. The van der Waals surface area contributed by atoms with Gasteiger partial charge in [-0.25, -0.2) is 0 Å². The van der Waals surface area contributed by atoms with Crippen molar-refractivity contribution in [3.63, 3.8) is 0 Å². The first-order valence-electron chi connectivity index (χ1n) is 11.5. The Balaban J connectivity index is 1.66. The van der Waals surface area contributed by atoms with Gasteiger partial charge in [-0.3, -0.25) is 4.57 Å². The van der Waals surface area contributed by atoms with E-state index < -0.39 is 0 Å². The Bertz CT molecular complexity index is 809. The summed E-state index contributed by atoms with van der Waals surface area (Å²) in [5.74, 6) is 1.15. The Hall–Kier alpha value is -2.09. The van der Waals surface area contributed by atoms with Gasteiger partial charge in [0.05, 0.1) is 13.2 Å². The minimum absolute atomic E-state index is 0.0447. The van der Waals surface area contributed by atoms with Crippen LogP contribution in [0.3, 0.4) is 0 Å². The normalized spacial score (nSPS) is 18.6. The summed E-state index contributed by atoms with van der Waals surface area (Å²) in [6, 6.07) is 0.839. The fraction of sp³-hybridized carbons (Fsp3) is 0.773. The molecule has 8 nitrogen and oxygen atoms in total. The van der Waals surface area contributed by atoms with Gasteiger partial charge in [-0.1, -0.05) is 26.7 Å². The van der Waals surface area contributed by atoms with E-state index in [1.54, 1.807) is 7.11 Å². The number of likely N-dealkylation sites (tertiary alicyclic amines) is 1. The lowest BCUT2D eigenvalue weighted by atomic mass is 9.93. The fourth-order valence-electron chi connectivity index (χ4n) is 4.41. The number of aryl methyl sites for hydroxylation is 1. The molecular formula is C22H38N6O2. The van der Waals surface area contributed by atoms with Crippen LogP contribution in [0.4, 0.5) is 5.82 Å². The lowest BCUT2D eigenvalue weighted by molar-refractivity contribution is 0.173. The number of nitrogens with two attached hydrogens (primary N) is 1. The van der Waals surface area contributed by atoms with Crippen LogP contribution >= 0.6 is 0 Å². The van der Waals surface area contributed by atoms with Crippen LogP contribution in [0.2, 0.25) is 0 Å². The first-order valence-corrected chi connectivity index (χ1v) is 11.5. The second kappa shape index (κ2) is 10.8. The van der Waals surface area contributed by atoms with Crippen LogP contribution < -0.4 is 15.2 Å². The molecule has 1 aliphatic rings. The number of nitrogen functional groups attached to an aromatic ring is 1. The lowest BCUT2D eigenvalue weighted by Gasteiger charge is -2.31. The molecule has 30 heavy (non-hydrogen) atoms. The summed E-state index contributed by atoms with van der Waals surface area (Å²) in [6.07, 6.45) is 8.22. The van der Waals surface area contributed by atoms with E-state index in [9.17, 15) is 0 Å². The number of ether oxygens (including phenoxy) is 2. The highest BCUT2D eigenvalue weighted by atomic mass is 16.5. The minimum Gasteiger partial charge on any atom is -0.468 e. The summed E-state index contributed by atoms with van der Waals surface area (Å²) >= 11 is 0. The number of methoxy groups -OCH3 is 1. The number of anilines is 1. The van der Waals surface area contributed by atoms with Crippen molar-refractivity contribution in [3.05, 3.63) is 0 Å². The second-order valence-corrected chi connectivity index (χ2v) is 8.43. The number of imidazole rings is 1. The van der Waals surface area contributed by atoms with E-state index in [0.717, 1.165) is 38.3 Å². The average Bonchev–Trinajstić information content (AvgIpc) is 3.09. The Morgan fingerprint density at radius 2 is 2.03 bits per heavy atom. The number of hydrogen-bond acceptors (Lipinski definition) is 7. The molecule has 0 spiro atoms. The highest BCUT2D eigenvalue weighted by Gasteiger charge is 2.20. The van der Waals surface area contributed by atoms with E-state index in [-0.39, 0.29) is 6.10 Å². The monoisotopic (exact) mass is 418 g/mol. The first kappa shape index (κ1) is 22.6. The first-order chi connectivity index (χ1) is 14.5. The number of rotatable bonds is 11. The molecule has 2 atom stereocenters. The molecule has 1 saturated heterocycles. The van der Waals surface area contributed by atoms with Gasteiger partial charge in [0.15, 0.2) is 17.0 Å². The van der Waals surface area contributed by atoms with E-state index in [4.69, 9.17) is 15.2 Å². The summed E-state index contributed by atoms with van der Waals surface area (Å²) in [5.41, 5.74) is 7.42. The maximum absolute atomic E-state index is 6.15. The van der Waals surface area contributed by atoms with Crippen LogP contribution in [0.5, 0.6) is 12.0 Å². The van der Waals surface area contributed by atoms with Crippen molar-refractivity contribution in [3.8, 4) is 12.0 Å². The zero-order valence-corrected chi connectivity index (χ0v) is 19.1. The Labute approximate surface area is 180 Å². The summed E-state index contributed by atoms with van der Waals surface area (Å²) in [4.78, 5) is 16.0. The van der Waals surface area contributed by atoms with Crippen LogP contribution in [-0.4, -0.2) is 57.3 Å². The van der Waals surface area contributed by atoms with Crippen molar-refractivity contribution in [2.24, 2.45) is 5.92 Å². The standard InChI is InChI=1S/C22H38N6O2/c1-5-10-16(3)30-21-25-19(23)18-20(26-21)28(22(24-18)29-4)14-8-7-11-17-12-9-13-27(6-2)15-17/h16-17H,5-15H2,1-4H3,(H2,23,25,26)/t16-,17?/m0/s1. The number of nitrogens with zero attached hydrogens (tertiary/aromatic N) is 5. The predicted octanol–water partition coefficient (Wildman–Crippen LogP) is 3.89. The molecule has 1 unspecified atom stereocenters. The molecule has 0 bridgehead atoms. The zero-order chi connectivity index (χ0) is 21.5. The van der Waals surface area contributed by atoms with Gasteiger partial charge < -0.3 is 20.1 Å². The van der Waals surface area contributed by atoms with Gasteiger partial charge in [-0.05, 0) is 58.0 Å². The van der Waals surface area contributed by atoms with E-state index >= 15 is 0 Å². The van der Waals surface area contributed by atoms with Gasteiger partial charge in [0, 0.05) is 13.1 Å². The molecule has 1 fully saturated rings. The summed E-state index contributed by atoms with van der Waals surface area (Å²) < 4.78 is 13.4. The van der Waals surface area contributed by atoms with Gasteiger partial charge in [0.2, 0.25) is 0 Å². The van der Waals surface area contributed by atoms with Gasteiger partial charge in [0.1, 0.15) is 0 Å². The Morgan fingerprint density at radius 1 is 1.20 bits per heavy atom. The van der Waals surface area contributed by atoms with Gasteiger partial charge in [-0.2, -0.15) is 15.0 Å². The highest BCUT2D eigenvalue weighted by molar-refractivity contribution is 5.83. The van der Waals surface area contributed by atoms with Crippen LogP contribution in [0.1, 0.15) is 65.7 Å². The molecule has 0 saturated carbocycles. The number of fused-ring (bicyclic) bond motifs is 1. The molecule has 0 amide bonds. The molecule has 8 heteroatoms. The summed E-state index contributed by atoms with van der Waals surface area (Å²) in [7, 11) is 1.63. The van der Waals surface area contributed by atoms with E-state index in [0.29, 0.717) is 29.0 Å². The Morgan fingerprint density at radius 3 is 2.77 bits per heavy atom. The van der Waals surface area contributed by atoms with Crippen molar-refractivity contribution < 1.29 is 9.47 Å². The molecule has 0 radical (unpaired) electrons. The summed E-state index contributed by atoms with van der Waals surface area (Å²) in [5, 5.41) is 0. The van der Waals surface area contributed by atoms with Crippen LogP contribution in [-0.2, 0) is 6.54 Å². The van der Waals surface area contributed by atoms with Gasteiger partial charge in [-0.15, -0.1) is 0 Å². The average molecular weight is 419 g/mol. The largest absolute Gasteiger partial charge is 0.468 e. The van der Waals surface area contributed by atoms with Crippen LogP contribution in [0.15, 0.2) is 0 Å². The molecule has 2 aromatic rings. The Kier molecular flexibility index (Phi) is 8.13. The van der Waals surface area contributed by atoms with E-state index in [1.807, 2.05) is 11.5 Å². The molecule has 0 aliphatic carbocycles. The van der Waals surface area contributed by atoms with Gasteiger partial charge >= 0.3 is 6.01 Å². The zero-order valence-electron chi connectivity index (χ0n) is 19.1. The predicted molar refractivity (Wildman–Crippen MR) is 120 cm³/mol. The molecule has 3 rings (SSSR count). The fourth-order valence-corrected chi connectivity index (χ4v) is 4.41. The molecule has 2 N–H and O–H groups in total. The van der Waals surface area contributed by atoms with E-state index in [2.05, 4.69) is 33.7 Å². The van der Waals surface area contributed by atoms with Crippen LogP contribution in [0.25, 0.3) is 11.2 Å². The SMILES string of the molecule is CCC[C@H](C)Oc1nc(N)c2nc(OC)n(CCCCC3CCCN(CC)C3)c2n1. The maximum atomic E-state index is 6.15. The smallest absolute Gasteiger partial charge is 0.320 e. The third-order valence-corrected chi connectivity index (χ3v) is 6.04. The lowest BCUT2D eigenvalue weighted by Crippen LogP contribution is -2.35. The maximum Gasteiger partial charge on any atom is 0.320 e. The molecule has 168 valence electrons. The number of unbranched alkanes of at least 4 members (excludes halogenated alkanes) is 1.